The van der Waals surface area contributed by atoms with E-state index in [1.165, 1.54) is 0 Å². The zero-order chi connectivity index (χ0) is 16.5. The summed E-state index contributed by atoms with van der Waals surface area (Å²) >= 11 is 0. The highest BCUT2D eigenvalue weighted by Gasteiger charge is 2.23. The number of carbonyl (C=O) groups excluding carboxylic acids is 1. The minimum atomic E-state index is -0.168. The highest BCUT2D eigenvalue weighted by Crippen LogP contribution is 2.32. The molecule has 1 aromatic heterocycles. The van der Waals surface area contributed by atoms with Crippen molar-refractivity contribution in [1.82, 2.24) is 20.8 Å². The van der Waals surface area contributed by atoms with Crippen LogP contribution in [0.4, 0.5) is 0 Å². The smallest absolute Gasteiger partial charge is 0.272 e. The number of H-pyrrole nitrogens is 1. The van der Waals surface area contributed by atoms with Crippen molar-refractivity contribution in [2.24, 2.45) is 0 Å². The fourth-order valence-electron chi connectivity index (χ4n) is 3.09. The van der Waals surface area contributed by atoms with Crippen LogP contribution in [0.1, 0.15) is 40.3 Å². The molecule has 0 radical (unpaired) electrons. The van der Waals surface area contributed by atoms with Crippen molar-refractivity contribution in [2.75, 3.05) is 19.8 Å². The second kappa shape index (κ2) is 6.16. The molecule has 3 heterocycles. The molecule has 3 N–H and O–H groups in total. The van der Waals surface area contributed by atoms with Crippen LogP contribution in [0.25, 0.3) is 0 Å². The molecule has 1 aromatic carbocycles. The molecule has 1 unspecified atom stereocenters. The largest absolute Gasteiger partial charge is 0.486 e. The van der Waals surface area contributed by atoms with Crippen molar-refractivity contribution in [1.29, 1.82) is 0 Å². The maximum absolute atomic E-state index is 12.6. The molecule has 2 aromatic rings. The minimum Gasteiger partial charge on any atom is -0.486 e. The molecule has 4 rings (SSSR count). The van der Waals surface area contributed by atoms with Gasteiger partial charge in [-0.25, -0.2) is 0 Å². The Hall–Kier alpha value is -2.54. The SMILES string of the molecule is CC(NC(=O)c1n[nH]c2c1CNCC2)c1ccc2c(c1)OCCO2. The molecule has 1 amide bonds. The van der Waals surface area contributed by atoms with E-state index in [9.17, 15) is 4.79 Å². The summed E-state index contributed by atoms with van der Waals surface area (Å²) in [5, 5.41) is 13.4. The number of benzene rings is 1. The van der Waals surface area contributed by atoms with Gasteiger partial charge in [-0.15, -0.1) is 0 Å². The maximum atomic E-state index is 12.6. The summed E-state index contributed by atoms with van der Waals surface area (Å²) in [6.45, 7) is 4.64. The number of carbonyl (C=O) groups is 1. The van der Waals surface area contributed by atoms with E-state index in [1.807, 2.05) is 25.1 Å². The average Bonchev–Trinajstić information content (AvgIpc) is 3.05. The van der Waals surface area contributed by atoms with Crippen LogP contribution >= 0.6 is 0 Å². The van der Waals surface area contributed by atoms with Gasteiger partial charge < -0.3 is 20.1 Å². The van der Waals surface area contributed by atoms with Crippen molar-refractivity contribution in [3.8, 4) is 11.5 Å². The number of fused-ring (bicyclic) bond motifs is 2. The number of amides is 1. The molecule has 7 heteroatoms. The molecule has 2 aliphatic rings. The van der Waals surface area contributed by atoms with E-state index in [0.717, 1.165) is 41.3 Å². The summed E-state index contributed by atoms with van der Waals surface area (Å²) in [4.78, 5) is 12.6. The Morgan fingerprint density at radius 1 is 1.29 bits per heavy atom. The van der Waals surface area contributed by atoms with Crippen molar-refractivity contribution < 1.29 is 14.3 Å². The normalized spacial score (nSPS) is 17.0. The number of nitrogens with one attached hydrogen (secondary N) is 3. The monoisotopic (exact) mass is 328 g/mol. The van der Waals surface area contributed by atoms with E-state index in [-0.39, 0.29) is 11.9 Å². The molecule has 1 atom stereocenters. The Balaban J connectivity index is 1.50. The fraction of sp³-hybridized carbons (Fsp3) is 0.412. The van der Waals surface area contributed by atoms with Gasteiger partial charge in [0.15, 0.2) is 17.2 Å². The number of nitrogens with zero attached hydrogens (tertiary/aromatic N) is 1. The maximum Gasteiger partial charge on any atom is 0.272 e. The summed E-state index contributed by atoms with van der Waals surface area (Å²) in [6.07, 6.45) is 0.868. The van der Waals surface area contributed by atoms with Gasteiger partial charge in [-0.05, 0) is 24.6 Å². The first-order valence-electron chi connectivity index (χ1n) is 8.19. The third kappa shape index (κ3) is 2.71. The van der Waals surface area contributed by atoms with Crippen LogP contribution in [0.3, 0.4) is 0 Å². The molecular formula is C17H20N4O3. The Kier molecular flexibility index (Phi) is 3.86. The quantitative estimate of drug-likeness (QED) is 0.791. The number of aromatic amines is 1. The molecule has 0 aliphatic carbocycles. The lowest BCUT2D eigenvalue weighted by Crippen LogP contribution is -2.30. The van der Waals surface area contributed by atoms with Gasteiger partial charge in [-0.2, -0.15) is 5.10 Å². The highest BCUT2D eigenvalue weighted by molar-refractivity contribution is 5.94. The van der Waals surface area contributed by atoms with E-state index < -0.39 is 0 Å². The molecule has 0 spiro atoms. The van der Waals surface area contributed by atoms with E-state index in [1.54, 1.807) is 0 Å². The second-order valence-corrected chi connectivity index (χ2v) is 6.05. The third-order valence-electron chi connectivity index (χ3n) is 4.44. The van der Waals surface area contributed by atoms with Crippen LogP contribution in [0, 0.1) is 0 Å². The first kappa shape index (κ1) is 15.0. The van der Waals surface area contributed by atoms with Gasteiger partial charge in [0.25, 0.3) is 5.91 Å². The topological polar surface area (TPSA) is 88.3 Å². The standard InChI is InChI=1S/C17H20N4O3/c1-10(11-2-3-14-15(8-11)24-7-6-23-14)19-17(22)16-12-9-18-5-4-13(12)20-21-16/h2-3,8,10,18H,4-7,9H2,1H3,(H,19,22)(H,20,21). The predicted molar refractivity (Wildman–Crippen MR) is 87.3 cm³/mol. The summed E-state index contributed by atoms with van der Waals surface area (Å²) in [6, 6.07) is 5.59. The number of rotatable bonds is 3. The molecule has 7 nitrogen and oxygen atoms in total. The van der Waals surface area contributed by atoms with E-state index >= 15 is 0 Å². The first-order chi connectivity index (χ1) is 11.7. The molecule has 126 valence electrons. The van der Waals surface area contributed by atoms with E-state index in [4.69, 9.17) is 9.47 Å². The average molecular weight is 328 g/mol. The van der Waals surface area contributed by atoms with Crippen molar-refractivity contribution in [2.45, 2.75) is 25.9 Å². The molecule has 0 saturated heterocycles. The Bertz CT molecular complexity index is 771. The highest BCUT2D eigenvalue weighted by atomic mass is 16.6. The van der Waals surface area contributed by atoms with Gasteiger partial charge >= 0.3 is 0 Å². The minimum absolute atomic E-state index is 0.155. The number of aromatic nitrogens is 2. The summed E-state index contributed by atoms with van der Waals surface area (Å²) in [5.74, 6) is 1.30. The second-order valence-electron chi connectivity index (χ2n) is 6.05. The van der Waals surface area contributed by atoms with Crippen LogP contribution in [-0.4, -0.2) is 35.9 Å². The number of hydrogen-bond donors (Lipinski definition) is 3. The van der Waals surface area contributed by atoms with Crippen molar-refractivity contribution >= 4 is 5.91 Å². The number of ether oxygens (including phenoxy) is 2. The third-order valence-corrected chi connectivity index (χ3v) is 4.44. The van der Waals surface area contributed by atoms with Gasteiger partial charge in [0, 0.05) is 30.8 Å². The lowest BCUT2D eigenvalue weighted by Gasteiger charge is -2.21. The molecule has 24 heavy (non-hydrogen) atoms. The summed E-state index contributed by atoms with van der Waals surface area (Å²) in [5.41, 5.74) is 3.45. The lowest BCUT2D eigenvalue weighted by atomic mass is 10.0. The predicted octanol–water partition coefficient (Wildman–Crippen LogP) is 1.32. The lowest BCUT2D eigenvalue weighted by molar-refractivity contribution is 0.0933. The van der Waals surface area contributed by atoms with Crippen LogP contribution < -0.4 is 20.1 Å². The molecular weight excluding hydrogens is 308 g/mol. The van der Waals surface area contributed by atoms with Crippen LogP contribution in [0.5, 0.6) is 11.5 Å². The first-order valence-corrected chi connectivity index (χ1v) is 8.19. The summed E-state index contributed by atoms with van der Waals surface area (Å²) in [7, 11) is 0. The Morgan fingerprint density at radius 3 is 3.00 bits per heavy atom. The fourth-order valence-corrected chi connectivity index (χ4v) is 3.09. The van der Waals surface area contributed by atoms with Crippen LogP contribution in [0.15, 0.2) is 18.2 Å². The van der Waals surface area contributed by atoms with Crippen LogP contribution in [0.2, 0.25) is 0 Å². The summed E-state index contributed by atoms with van der Waals surface area (Å²) < 4.78 is 11.1. The van der Waals surface area contributed by atoms with Crippen LogP contribution in [-0.2, 0) is 13.0 Å². The van der Waals surface area contributed by atoms with E-state index in [2.05, 4.69) is 20.8 Å². The van der Waals surface area contributed by atoms with Crippen molar-refractivity contribution in [3.05, 3.63) is 40.7 Å². The zero-order valence-corrected chi connectivity index (χ0v) is 13.5. The molecule has 0 saturated carbocycles. The Morgan fingerprint density at radius 2 is 2.12 bits per heavy atom. The van der Waals surface area contributed by atoms with Gasteiger partial charge in [0.1, 0.15) is 13.2 Å². The Labute approximate surface area is 139 Å². The number of hydrogen-bond acceptors (Lipinski definition) is 5. The molecule has 0 bridgehead atoms. The van der Waals surface area contributed by atoms with E-state index in [0.29, 0.717) is 25.5 Å². The van der Waals surface area contributed by atoms with Gasteiger partial charge in [-0.1, -0.05) is 6.07 Å². The molecule has 2 aliphatic heterocycles. The van der Waals surface area contributed by atoms with Gasteiger partial charge in [-0.3, -0.25) is 9.89 Å². The van der Waals surface area contributed by atoms with Gasteiger partial charge in [0.05, 0.1) is 6.04 Å². The zero-order valence-electron chi connectivity index (χ0n) is 13.5. The van der Waals surface area contributed by atoms with Gasteiger partial charge in [0.2, 0.25) is 0 Å². The molecule has 0 fully saturated rings. The van der Waals surface area contributed by atoms with Crippen molar-refractivity contribution in [3.63, 3.8) is 0 Å².